The fraction of sp³-hybridized carbons (Fsp3) is 0.391. The highest BCUT2D eigenvalue weighted by molar-refractivity contribution is 7.99. The Morgan fingerprint density at radius 1 is 1.07 bits per heavy atom. The average molecular weight is 428 g/mol. The zero-order valence-electron chi connectivity index (χ0n) is 17.9. The maximum absolute atomic E-state index is 13.6. The van der Waals surface area contributed by atoms with Gasteiger partial charge in [0.1, 0.15) is 0 Å². The molecule has 6 heteroatoms. The molecule has 0 fully saturated rings. The Hall–Kier alpha value is -1.89. The molecule has 154 valence electrons. The Morgan fingerprint density at radius 2 is 1.79 bits per heavy atom. The number of rotatable bonds is 8. The largest absolute Gasteiger partial charge is 0.309 e. The number of carbonyl (C=O) groups is 1. The standard InChI is InChI=1S/C23H29N3OS2/c1-6-28-19-11-8-7-10-18(19)22(27)26(15-9-14-25(4)5)23-24-20-16(2)12-13-17(3)21(20)29-23/h7-8,10-13H,6,9,14-15H2,1-5H3. The lowest BCUT2D eigenvalue weighted by Crippen LogP contribution is -2.33. The molecule has 0 saturated heterocycles. The van der Waals surface area contributed by atoms with E-state index < -0.39 is 0 Å². The van der Waals surface area contributed by atoms with Crippen LogP contribution in [0.3, 0.4) is 0 Å². The van der Waals surface area contributed by atoms with E-state index in [0.717, 1.165) is 45.4 Å². The SMILES string of the molecule is CCSc1ccccc1C(=O)N(CCCN(C)C)c1nc2c(C)ccc(C)c2s1. The molecule has 1 aromatic heterocycles. The van der Waals surface area contributed by atoms with Gasteiger partial charge in [0.2, 0.25) is 0 Å². The predicted octanol–water partition coefficient (Wildman–Crippen LogP) is 5.62. The molecule has 29 heavy (non-hydrogen) atoms. The van der Waals surface area contributed by atoms with Crippen molar-refractivity contribution < 1.29 is 4.79 Å². The van der Waals surface area contributed by atoms with Crippen LogP contribution in [0, 0.1) is 13.8 Å². The summed E-state index contributed by atoms with van der Waals surface area (Å²) in [5.41, 5.74) is 4.12. The lowest BCUT2D eigenvalue weighted by molar-refractivity contribution is 0.0983. The fourth-order valence-corrected chi connectivity index (χ4v) is 5.20. The van der Waals surface area contributed by atoms with Crippen molar-refractivity contribution in [2.45, 2.75) is 32.1 Å². The summed E-state index contributed by atoms with van der Waals surface area (Å²) in [6.45, 7) is 7.88. The maximum atomic E-state index is 13.6. The summed E-state index contributed by atoms with van der Waals surface area (Å²) in [5.74, 6) is 0.972. The van der Waals surface area contributed by atoms with Crippen molar-refractivity contribution in [3.8, 4) is 0 Å². The number of fused-ring (bicyclic) bond motifs is 1. The van der Waals surface area contributed by atoms with E-state index in [0.29, 0.717) is 6.54 Å². The molecule has 4 nitrogen and oxygen atoms in total. The van der Waals surface area contributed by atoms with Crippen molar-refractivity contribution in [2.75, 3.05) is 37.8 Å². The van der Waals surface area contributed by atoms with Crippen molar-refractivity contribution in [3.63, 3.8) is 0 Å². The molecule has 0 atom stereocenters. The molecule has 0 bridgehead atoms. The number of benzene rings is 2. The van der Waals surface area contributed by atoms with Crippen LogP contribution in [0.4, 0.5) is 5.13 Å². The van der Waals surface area contributed by atoms with Gasteiger partial charge < -0.3 is 4.90 Å². The highest BCUT2D eigenvalue weighted by Gasteiger charge is 2.24. The van der Waals surface area contributed by atoms with Crippen LogP contribution in [-0.4, -0.2) is 48.7 Å². The van der Waals surface area contributed by atoms with Gasteiger partial charge in [-0.2, -0.15) is 0 Å². The first kappa shape index (κ1) is 21.8. The molecule has 2 aromatic carbocycles. The van der Waals surface area contributed by atoms with Crippen molar-refractivity contribution >= 4 is 44.4 Å². The molecule has 3 rings (SSSR count). The highest BCUT2D eigenvalue weighted by atomic mass is 32.2. The number of hydrogen-bond acceptors (Lipinski definition) is 5. The van der Waals surface area contributed by atoms with Gasteiger partial charge in [0.05, 0.1) is 15.8 Å². The molecule has 0 unspecified atom stereocenters. The summed E-state index contributed by atoms with van der Waals surface area (Å²) in [4.78, 5) is 23.6. The topological polar surface area (TPSA) is 36.4 Å². The minimum atomic E-state index is 0.0367. The number of thioether (sulfide) groups is 1. The summed E-state index contributed by atoms with van der Waals surface area (Å²) in [6, 6.07) is 12.1. The van der Waals surface area contributed by atoms with E-state index in [-0.39, 0.29) is 5.91 Å². The first-order valence-electron chi connectivity index (χ1n) is 9.97. The Labute approximate surface area is 181 Å². The second kappa shape index (κ2) is 9.74. The monoisotopic (exact) mass is 427 g/mol. The number of thiazole rings is 1. The third-order valence-electron chi connectivity index (χ3n) is 4.81. The van der Waals surface area contributed by atoms with Gasteiger partial charge >= 0.3 is 0 Å². The van der Waals surface area contributed by atoms with Gasteiger partial charge in [-0.25, -0.2) is 4.98 Å². The molecule has 1 amide bonds. The molecule has 0 aliphatic heterocycles. The second-order valence-electron chi connectivity index (χ2n) is 7.42. The number of hydrogen-bond donors (Lipinski definition) is 0. The Balaban J connectivity index is 2.02. The van der Waals surface area contributed by atoms with E-state index in [1.54, 1.807) is 23.1 Å². The predicted molar refractivity (Wildman–Crippen MR) is 127 cm³/mol. The molecule has 0 saturated carbocycles. The van der Waals surface area contributed by atoms with Crippen molar-refractivity contribution in [2.24, 2.45) is 0 Å². The average Bonchev–Trinajstić information content (AvgIpc) is 3.15. The molecule has 0 N–H and O–H groups in total. The van der Waals surface area contributed by atoms with Gasteiger partial charge in [-0.1, -0.05) is 42.5 Å². The number of amides is 1. The Morgan fingerprint density at radius 3 is 2.48 bits per heavy atom. The van der Waals surface area contributed by atoms with Crippen LogP contribution >= 0.6 is 23.1 Å². The number of aryl methyl sites for hydroxylation is 2. The third kappa shape index (κ3) is 5.00. The van der Waals surface area contributed by atoms with Gasteiger partial charge in [-0.3, -0.25) is 9.69 Å². The first-order chi connectivity index (χ1) is 13.9. The minimum Gasteiger partial charge on any atom is -0.309 e. The van der Waals surface area contributed by atoms with Crippen molar-refractivity contribution in [1.29, 1.82) is 0 Å². The summed E-state index contributed by atoms with van der Waals surface area (Å²) in [6.07, 6.45) is 0.899. The molecule has 3 aromatic rings. The van der Waals surface area contributed by atoms with Crippen LogP contribution in [0.15, 0.2) is 41.3 Å². The summed E-state index contributed by atoms with van der Waals surface area (Å²) >= 11 is 3.33. The van der Waals surface area contributed by atoms with Gasteiger partial charge in [0, 0.05) is 11.4 Å². The number of anilines is 1. The molecule has 0 aliphatic carbocycles. The first-order valence-corrected chi connectivity index (χ1v) is 11.8. The molecule has 0 spiro atoms. The Bertz CT molecular complexity index is 958. The van der Waals surface area contributed by atoms with Crippen molar-refractivity contribution in [3.05, 3.63) is 53.1 Å². The van der Waals surface area contributed by atoms with Crippen molar-refractivity contribution in [1.82, 2.24) is 9.88 Å². The normalized spacial score (nSPS) is 11.4. The molecule has 0 radical (unpaired) electrons. The zero-order chi connectivity index (χ0) is 21.0. The van der Waals surface area contributed by atoms with Gasteiger partial charge in [-0.05, 0) is 69.9 Å². The summed E-state index contributed by atoms with van der Waals surface area (Å²) < 4.78 is 1.17. The van der Waals surface area contributed by atoms with E-state index in [4.69, 9.17) is 4.98 Å². The number of carbonyl (C=O) groups excluding carboxylic acids is 1. The lowest BCUT2D eigenvalue weighted by atomic mass is 10.1. The van der Waals surface area contributed by atoms with Crippen LogP contribution in [-0.2, 0) is 0 Å². The highest BCUT2D eigenvalue weighted by Crippen LogP contribution is 2.34. The van der Waals surface area contributed by atoms with E-state index in [1.807, 2.05) is 29.2 Å². The quantitative estimate of drug-likeness (QED) is 0.437. The van der Waals surface area contributed by atoms with Crippen LogP contribution in [0.5, 0.6) is 0 Å². The van der Waals surface area contributed by atoms with Crippen LogP contribution < -0.4 is 4.90 Å². The van der Waals surface area contributed by atoms with E-state index in [1.165, 1.54) is 10.3 Å². The van der Waals surface area contributed by atoms with Crippen LogP contribution in [0.1, 0.15) is 34.8 Å². The minimum absolute atomic E-state index is 0.0367. The van der Waals surface area contributed by atoms with Crippen LogP contribution in [0.2, 0.25) is 0 Å². The number of nitrogens with zero attached hydrogens (tertiary/aromatic N) is 3. The third-order valence-corrected chi connectivity index (χ3v) is 6.98. The second-order valence-corrected chi connectivity index (χ2v) is 9.70. The Kier molecular flexibility index (Phi) is 7.33. The van der Waals surface area contributed by atoms with Gasteiger partial charge in [-0.15, -0.1) is 11.8 Å². The van der Waals surface area contributed by atoms with E-state index in [2.05, 4.69) is 51.9 Å². The molecule has 0 aliphatic rings. The lowest BCUT2D eigenvalue weighted by Gasteiger charge is -2.22. The zero-order valence-corrected chi connectivity index (χ0v) is 19.5. The number of aromatic nitrogens is 1. The van der Waals surface area contributed by atoms with Gasteiger partial charge in [0.25, 0.3) is 5.91 Å². The molecule has 1 heterocycles. The molecular weight excluding hydrogens is 398 g/mol. The van der Waals surface area contributed by atoms with E-state index in [9.17, 15) is 4.79 Å². The maximum Gasteiger partial charge on any atom is 0.261 e. The van der Waals surface area contributed by atoms with E-state index >= 15 is 0 Å². The summed E-state index contributed by atoms with van der Waals surface area (Å²) in [5, 5.41) is 0.789. The fourth-order valence-electron chi connectivity index (χ4n) is 3.26. The summed E-state index contributed by atoms with van der Waals surface area (Å²) in [7, 11) is 4.12. The van der Waals surface area contributed by atoms with Gasteiger partial charge in [0.15, 0.2) is 5.13 Å². The molecular formula is C23H29N3OS2. The smallest absolute Gasteiger partial charge is 0.261 e. The van der Waals surface area contributed by atoms with Crippen LogP contribution in [0.25, 0.3) is 10.2 Å².